The Morgan fingerprint density at radius 2 is 1.50 bits per heavy atom. The van der Waals surface area contributed by atoms with Crippen LogP contribution in [0.3, 0.4) is 0 Å². The first-order valence-corrected chi connectivity index (χ1v) is 5.30. The number of carbonyl (C=O) groups is 1. The molecular formula is C11H26N2O. The van der Waals surface area contributed by atoms with Gasteiger partial charge in [0.05, 0.1) is 0 Å². The number of amides is 1. The second-order valence-corrected chi connectivity index (χ2v) is 3.82. The standard InChI is InChI=1S/C8H19N.C3H7NO/c1-6-9(7(2)3)8(4)5;1-3(5)4-2/h7-8H,6H2,1-5H3;1-2H3,(H,4,5). The van der Waals surface area contributed by atoms with Gasteiger partial charge in [0.15, 0.2) is 0 Å². The van der Waals surface area contributed by atoms with Crippen LogP contribution in [0, 0.1) is 0 Å². The van der Waals surface area contributed by atoms with E-state index < -0.39 is 0 Å². The number of carbonyl (C=O) groups excluding carboxylic acids is 1. The van der Waals surface area contributed by atoms with E-state index in [4.69, 9.17) is 0 Å². The zero-order chi connectivity index (χ0) is 11.7. The van der Waals surface area contributed by atoms with Crippen molar-refractivity contribution >= 4 is 5.91 Å². The van der Waals surface area contributed by atoms with Crippen molar-refractivity contribution in [1.82, 2.24) is 10.2 Å². The van der Waals surface area contributed by atoms with Gasteiger partial charge in [-0.15, -0.1) is 0 Å². The van der Waals surface area contributed by atoms with Crippen LogP contribution in [0.2, 0.25) is 0 Å². The number of hydrogen-bond acceptors (Lipinski definition) is 2. The highest BCUT2D eigenvalue weighted by molar-refractivity contribution is 5.72. The third-order valence-electron chi connectivity index (χ3n) is 2.04. The van der Waals surface area contributed by atoms with Crippen molar-refractivity contribution in [3.8, 4) is 0 Å². The lowest BCUT2D eigenvalue weighted by molar-refractivity contribution is -0.118. The number of rotatable bonds is 3. The molecule has 0 aromatic rings. The molecule has 86 valence electrons. The van der Waals surface area contributed by atoms with Gasteiger partial charge >= 0.3 is 0 Å². The Bertz CT molecular complexity index is 136. The third-order valence-corrected chi connectivity index (χ3v) is 2.04. The van der Waals surface area contributed by atoms with Crippen LogP contribution < -0.4 is 5.32 Å². The Kier molecular flexibility index (Phi) is 10.2. The summed E-state index contributed by atoms with van der Waals surface area (Å²) in [5, 5.41) is 2.39. The zero-order valence-corrected chi connectivity index (χ0v) is 10.7. The zero-order valence-electron chi connectivity index (χ0n) is 10.7. The minimum Gasteiger partial charge on any atom is -0.359 e. The first-order chi connectivity index (χ1) is 6.36. The predicted octanol–water partition coefficient (Wildman–Crippen LogP) is 1.88. The van der Waals surface area contributed by atoms with Crippen LogP contribution in [-0.2, 0) is 4.79 Å². The van der Waals surface area contributed by atoms with Crippen LogP contribution in [0.1, 0.15) is 41.5 Å². The number of nitrogens with zero attached hydrogens (tertiary/aromatic N) is 1. The molecule has 0 saturated heterocycles. The van der Waals surface area contributed by atoms with Gasteiger partial charge in [0.1, 0.15) is 0 Å². The van der Waals surface area contributed by atoms with E-state index >= 15 is 0 Å². The van der Waals surface area contributed by atoms with Gasteiger partial charge in [-0.1, -0.05) is 6.92 Å². The molecule has 0 unspecified atom stereocenters. The molecule has 0 saturated carbocycles. The van der Waals surface area contributed by atoms with E-state index in [0.29, 0.717) is 12.1 Å². The van der Waals surface area contributed by atoms with Crippen molar-refractivity contribution in [1.29, 1.82) is 0 Å². The minimum atomic E-state index is 0.00463. The van der Waals surface area contributed by atoms with Crippen LogP contribution in [0.5, 0.6) is 0 Å². The molecule has 1 N–H and O–H groups in total. The molecule has 0 heterocycles. The first-order valence-electron chi connectivity index (χ1n) is 5.30. The summed E-state index contributed by atoms with van der Waals surface area (Å²) in [6.45, 7) is 13.8. The highest BCUT2D eigenvalue weighted by atomic mass is 16.1. The van der Waals surface area contributed by atoms with E-state index in [2.05, 4.69) is 44.8 Å². The van der Waals surface area contributed by atoms with E-state index in [9.17, 15) is 4.79 Å². The largest absolute Gasteiger partial charge is 0.359 e. The molecule has 0 fully saturated rings. The molecule has 0 aromatic heterocycles. The summed E-state index contributed by atoms with van der Waals surface area (Å²) in [4.78, 5) is 12.2. The average molecular weight is 202 g/mol. The number of hydrogen-bond donors (Lipinski definition) is 1. The van der Waals surface area contributed by atoms with E-state index in [1.165, 1.54) is 6.92 Å². The normalized spacial score (nSPS) is 10.1. The molecule has 0 aliphatic heterocycles. The maximum atomic E-state index is 9.70. The number of nitrogens with one attached hydrogen (secondary N) is 1. The molecule has 0 atom stereocenters. The van der Waals surface area contributed by atoms with Crippen molar-refractivity contribution in [2.45, 2.75) is 53.6 Å². The van der Waals surface area contributed by atoms with Gasteiger partial charge in [-0.25, -0.2) is 0 Å². The Hall–Kier alpha value is -0.570. The summed E-state index contributed by atoms with van der Waals surface area (Å²) in [5.74, 6) is 0.00463. The lowest BCUT2D eigenvalue weighted by atomic mass is 10.2. The summed E-state index contributed by atoms with van der Waals surface area (Å²) < 4.78 is 0. The predicted molar refractivity (Wildman–Crippen MR) is 62.4 cm³/mol. The Labute approximate surface area is 88.9 Å². The molecule has 0 aromatic carbocycles. The molecule has 1 amide bonds. The van der Waals surface area contributed by atoms with Crippen LogP contribution in [0.15, 0.2) is 0 Å². The third kappa shape index (κ3) is 9.52. The van der Waals surface area contributed by atoms with Crippen LogP contribution in [0.4, 0.5) is 0 Å². The van der Waals surface area contributed by atoms with Gasteiger partial charge in [-0.05, 0) is 34.2 Å². The molecule has 0 aliphatic carbocycles. The van der Waals surface area contributed by atoms with Gasteiger partial charge in [-0.3, -0.25) is 9.69 Å². The fourth-order valence-corrected chi connectivity index (χ4v) is 1.33. The smallest absolute Gasteiger partial charge is 0.216 e. The van der Waals surface area contributed by atoms with E-state index in [0.717, 1.165) is 6.54 Å². The molecule has 14 heavy (non-hydrogen) atoms. The first kappa shape index (κ1) is 15.9. The van der Waals surface area contributed by atoms with Gasteiger partial charge in [0.25, 0.3) is 0 Å². The highest BCUT2D eigenvalue weighted by Crippen LogP contribution is 2.02. The lowest BCUT2D eigenvalue weighted by Crippen LogP contribution is -2.36. The lowest BCUT2D eigenvalue weighted by Gasteiger charge is -2.28. The SMILES string of the molecule is CCN(C(C)C)C(C)C.CNC(C)=O. The fraction of sp³-hybridized carbons (Fsp3) is 0.909. The van der Waals surface area contributed by atoms with Gasteiger partial charge in [0.2, 0.25) is 5.91 Å². The molecular weight excluding hydrogens is 176 g/mol. The van der Waals surface area contributed by atoms with Crippen LogP contribution in [0.25, 0.3) is 0 Å². The quantitative estimate of drug-likeness (QED) is 0.758. The van der Waals surface area contributed by atoms with Crippen molar-refractivity contribution in [3.63, 3.8) is 0 Å². The maximum Gasteiger partial charge on any atom is 0.216 e. The molecule has 0 bridgehead atoms. The van der Waals surface area contributed by atoms with Gasteiger partial charge < -0.3 is 5.32 Å². The topological polar surface area (TPSA) is 32.3 Å². The fourth-order valence-electron chi connectivity index (χ4n) is 1.33. The summed E-state index contributed by atoms with van der Waals surface area (Å²) in [6, 6.07) is 1.38. The van der Waals surface area contributed by atoms with Crippen molar-refractivity contribution in [2.75, 3.05) is 13.6 Å². The van der Waals surface area contributed by atoms with E-state index in [1.807, 2.05) is 0 Å². The van der Waals surface area contributed by atoms with E-state index in [-0.39, 0.29) is 5.91 Å². The van der Waals surface area contributed by atoms with Crippen molar-refractivity contribution in [2.24, 2.45) is 0 Å². The minimum absolute atomic E-state index is 0.00463. The van der Waals surface area contributed by atoms with Gasteiger partial charge in [-0.2, -0.15) is 0 Å². The van der Waals surface area contributed by atoms with E-state index in [1.54, 1.807) is 7.05 Å². The Morgan fingerprint density at radius 1 is 1.21 bits per heavy atom. The van der Waals surface area contributed by atoms with Crippen molar-refractivity contribution in [3.05, 3.63) is 0 Å². The summed E-state index contributed by atoms with van der Waals surface area (Å²) in [5.41, 5.74) is 0. The second kappa shape index (κ2) is 9.00. The summed E-state index contributed by atoms with van der Waals surface area (Å²) in [7, 11) is 1.60. The molecule has 0 radical (unpaired) electrons. The molecule has 3 heteroatoms. The molecule has 3 nitrogen and oxygen atoms in total. The monoisotopic (exact) mass is 202 g/mol. The van der Waals surface area contributed by atoms with Crippen LogP contribution in [-0.4, -0.2) is 36.5 Å². The summed E-state index contributed by atoms with van der Waals surface area (Å²) >= 11 is 0. The average Bonchev–Trinajstić information content (AvgIpc) is 2.05. The van der Waals surface area contributed by atoms with Crippen LogP contribution >= 0.6 is 0 Å². The summed E-state index contributed by atoms with van der Waals surface area (Å²) in [6.07, 6.45) is 0. The van der Waals surface area contributed by atoms with Gasteiger partial charge in [0, 0.05) is 26.1 Å². The second-order valence-electron chi connectivity index (χ2n) is 3.82. The highest BCUT2D eigenvalue weighted by Gasteiger charge is 2.08. The Balaban J connectivity index is 0. The Morgan fingerprint density at radius 3 is 1.50 bits per heavy atom. The van der Waals surface area contributed by atoms with Crippen molar-refractivity contribution < 1.29 is 4.79 Å². The maximum absolute atomic E-state index is 9.70. The molecule has 0 spiro atoms. The molecule has 0 aliphatic rings. The molecule has 0 rings (SSSR count).